The molecule has 5 heteroatoms. The maximum atomic E-state index is 12.9. The van der Waals surface area contributed by atoms with Gasteiger partial charge in [-0.2, -0.15) is 0 Å². The highest BCUT2D eigenvalue weighted by Crippen LogP contribution is 2.25. The van der Waals surface area contributed by atoms with Crippen molar-refractivity contribution in [2.24, 2.45) is 5.73 Å². The van der Waals surface area contributed by atoms with Gasteiger partial charge >= 0.3 is 5.97 Å². The first kappa shape index (κ1) is 15.5. The Morgan fingerprint density at radius 2 is 1.71 bits per heavy atom. The molecule has 3 nitrogen and oxygen atoms in total. The topological polar surface area (TPSA) is 63.3 Å². The molecule has 0 radical (unpaired) electrons. The van der Waals surface area contributed by atoms with Crippen molar-refractivity contribution in [3.63, 3.8) is 0 Å². The summed E-state index contributed by atoms with van der Waals surface area (Å²) in [4.78, 5) is 11.2. The third-order valence-corrected chi connectivity index (χ3v) is 3.64. The number of carbonyl (C=O) groups is 1. The predicted molar refractivity (Wildman–Crippen MR) is 79.9 cm³/mol. The first-order valence-electron chi connectivity index (χ1n) is 6.45. The zero-order valence-corrected chi connectivity index (χ0v) is 11.9. The van der Waals surface area contributed by atoms with E-state index in [1.807, 2.05) is 0 Å². The molecule has 0 aliphatic carbocycles. The molecule has 0 bridgehead atoms. The second-order valence-electron chi connectivity index (χ2n) is 4.85. The molecule has 2 aromatic rings. The summed E-state index contributed by atoms with van der Waals surface area (Å²) in [7, 11) is 0. The Kier molecular flexibility index (Phi) is 4.94. The number of aliphatic carboxylic acids is 1. The minimum atomic E-state index is -1.07. The van der Waals surface area contributed by atoms with Gasteiger partial charge in [0.1, 0.15) is 11.9 Å². The van der Waals surface area contributed by atoms with Crippen LogP contribution in [0.5, 0.6) is 0 Å². The molecule has 0 fully saturated rings. The van der Waals surface area contributed by atoms with Crippen LogP contribution in [-0.4, -0.2) is 17.1 Å². The van der Waals surface area contributed by atoms with Gasteiger partial charge in [0.2, 0.25) is 0 Å². The Bertz CT molecular complexity index is 613. The minimum Gasteiger partial charge on any atom is -0.480 e. The van der Waals surface area contributed by atoms with Gasteiger partial charge in [-0.1, -0.05) is 35.9 Å². The monoisotopic (exact) mass is 307 g/mol. The fourth-order valence-corrected chi connectivity index (χ4v) is 2.33. The van der Waals surface area contributed by atoms with Crippen LogP contribution in [0.2, 0.25) is 5.02 Å². The van der Waals surface area contributed by atoms with Crippen LogP contribution in [0.3, 0.4) is 0 Å². The molecule has 3 N–H and O–H groups in total. The van der Waals surface area contributed by atoms with Gasteiger partial charge in [-0.15, -0.1) is 0 Å². The number of halogens is 2. The molecule has 0 spiro atoms. The zero-order valence-electron chi connectivity index (χ0n) is 11.2. The van der Waals surface area contributed by atoms with Gasteiger partial charge in [-0.05, 0) is 41.8 Å². The Morgan fingerprint density at radius 1 is 1.14 bits per heavy atom. The SMILES string of the molecule is N[C@H](C(=O)O)[C@@H](Cc1ccc(F)cc1)c1ccc(Cl)cc1. The van der Waals surface area contributed by atoms with Crippen molar-refractivity contribution >= 4 is 17.6 Å². The van der Waals surface area contributed by atoms with Crippen LogP contribution >= 0.6 is 11.6 Å². The van der Waals surface area contributed by atoms with E-state index in [1.165, 1.54) is 12.1 Å². The molecular formula is C16H15ClFNO2. The van der Waals surface area contributed by atoms with Crippen LogP contribution in [0.4, 0.5) is 4.39 Å². The number of hydrogen-bond acceptors (Lipinski definition) is 2. The lowest BCUT2D eigenvalue weighted by molar-refractivity contribution is -0.139. The summed E-state index contributed by atoms with van der Waals surface area (Å²) in [6.07, 6.45) is 0.412. The molecule has 2 aromatic carbocycles. The van der Waals surface area contributed by atoms with E-state index < -0.39 is 17.9 Å². The van der Waals surface area contributed by atoms with Crippen molar-refractivity contribution in [3.8, 4) is 0 Å². The molecule has 0 aliphatic heterocycles. The normalized spacial score (nSPS) is 13.7. The Hall–Kier alpha value is -1.91. The first-order chi connectivity index (χ1) is 9.97. The molecule has 0 heterocycles. The fraction of sp³-hybridized carbons (Fsp3) is 0.188. The zero-order chi connectivity index (χ0) is 15.4. The standard InChI is InChI=1S/C16H15ClFNO2/c17-12-5-3-11(4-6-12)14(15(19)16(20)21)9-10-1-7-13(18)8-2-10/h1-8,14-15H,9,19H2,(H,20,21)/t14-,15-/m0/s1. The van der Waals surface area contributed by atoms with E-state index in [0.717, 1.165) is 11.1 Å². The summed E-state index contributed by atoms with van der Waals surface area (Å²) in [5.74, 6) is -1.81. The van der Waals surface area contributed by atoms with E-state index in [0.29, 0.717) is 11.4 Å². The molecule has 21 heavy (non-hydrogen) atoms. The van der Waals surface area contributed by atoms with Crippen LogP contribution in [-0.2, 0) is 11.2 Å². The van der Waals surface area contributed by atoms with Gasteiger partial charge in [0.25, 0.3) is 0 Å². The number of rotatable bonds is 5. The summed E-state index contributed by atoms with van der Waals surface area (Å²) >= 11 is 5.85. The van der Waals surface area contributed by atoms with Crippen LogP contribution in [0.15, 0.2) is 48.5 Å². The average molecular weight is 308 g/mol. The molecule has 0 amide bonds. The lowest BCUT2D eigenvalue weighted by Gasteiger charge is -2.21. The summed E-state index contributed by atoms with van der Waals surface area (Å²) in [6.45, 7) is 0. The maximum Gasteiger partial charge on any atom is 0.321 e. The maximum absolute atomic E-state index is 12.9. The molecular weight excluding hydrogens is 293 g/mol. The first-order valence-corrected chi connectivity index (χ1v) is 6.83. The highest BCUT2D eigenvalue weighted by Gasteiger charge is 2.26. The van der Waals surface area contributed by atoms with Crippen molar-refractivity contribution < 1.29 is 14.3 Å². The fourth-order valence-electron chi connectivity index (χ4n) is 2.21. The lowest BCUT2D eigenvalue weighted by Crippen LogP contribution is -2.37. The van der Waals surface area contributed by atoms with E-state index in [9.17, 15) is 14.3 Å². The summed E-state index contributed by atoms with van der Waals surface area (Å²) in [5, 5.41) is 9.75. The van der Waals surface area contributed by atoms with Gasteiger partial charge in [-0.3, -0.25) is 4.79 Å². The largest absolute Gasteiger partial charge is 0.480 e. The van der Waals surface area contributed by atoms with Crippen molar-refractivity contribution in [1.82, 2.24) is 0 Å². The number of carboxylic acid groups (broad SMARTS) is 1. The third-order valence-electron chi connectivity index (χ3n) is 3.39. The van der Waals surface area contributed by atoms with Crippen LogP contribution < -0.4 is 5.73 Å². The summed E-state index contributed by atoms with van der Waals surface area (Å²) in [5.41, 5.74) is 7.42. The molecule has 0 saturated heterocycles. The second kappa shape index (κ2) is 6.70. The number of nitrogens with two attached hydrogens (primary N) is 1. The number of benzene rings is 2. The number of carboxylic acids is 1. The highest BCUT2D eigenvalue weighted by atomic mass is 35.5. The second-order valence-corrected chi connectivity index (χ2v) is 5.29. The average Bonchev–Trinajstić information content (AvgIpc) is 2.47. The molecule has 2 rings (SSSR count). The van der Waals surface area contributed by atoms with Crippen LogP contribution in [0.25, 0.3) is 0 Å². The minimum absolute atomic E-state index is 0.329. The van der Waals surface area contributed by atoms with Gasteiger partial charge in [0.05, 0.1) is 0 Å². The van der Waals surface area contributed by atoms with E-state index in [1.54, 1.807) is 36.4 Å². The van der Waals surface area contributed by atoms with E-state index in [-0.39, 0.29) is 5.82 Å². The molecule has 0 unspecified atom stereocenters. The van der Waals surface area contributed by atoms with Gasteiger partial charge in [0, 0.05) is 10.9 Å². The summed E-state index contributed by atoms with van der Waals surface area (Å²) < 4.78 is 12.9. The Balaban J connectivity index is 2.29. The van der Waals surface area contributed by atoms with Crippen molar-refractivity contribution in [2.45, 2.75) is 18.4 Å². The molecule has 0 aliphatic rings. The lowest BCUT2D eigenvalue weighted by atomic mass is 9.86. The van der Waals surface area contributed by atoms with E-state index in [4.69, 9.17) is 17.3 Å². The molecule has 0 aromatic heterocycles. The van der Waals surface area contributed by atoms with Crippen molar-refractivity contribution in [1.29, 1.82) is 0 Å². The van der Waals surface area contributed by atoms with Gasteiger partial charge < -0.3 is 10.8 Å². The van der Waals surface area contributed by atoms with E-state index >= 15 is 0 Å². The van der Waals surface area contributed by atoms with Crippen LogP contribution in [0, 0.1) is 5.82 Å². The van der Waals surface area contributed by atoms with Gasteiger partial charge in [0.15, 0.2) is 0 Å². The van der Waals surface area contributed by atoms with Crippen molar-refractivity contribution in [3.05, 3.63) is 70.5 Å². The Labute approximate surface area is 127 Å². The highest BCUT2D eigenvalue weighted by molar-refractivity contribution is 6.30. The van der Waals surface area contributed by atoms with Gasteiger partial charge in [-0.25, -0.2) is 4.39 Å². The predicted octanol–water partition coefficient (Wildman–Crippen LogP) is 3.22. The quantitative estimate of drug-likeness (QED) is 0.891. The van der Waals surface area contributed by atoms with E-state index in [2.05, 4.69) is 0 Å². The number of hydrogen-bond donors (Lipinski definition) is 2. The molecule has 0 saturated carbocycles. The smallest absolute Gasteiger partial charge is 0.321 e. The molecule has 110 valence electrons. The third kappa shape index (κ3) is 4.03. The summed E-state index contributed by atoms with van der Waals surface area (Å²) in [6, 6.07) is 11.8. The van der Waals surface area contributed by atoms with Crippen molar-refractivity contribution in [2.75, 3.05) is 0 Å². The van der Waals surface area contributed by atoms with Crippen LogP contribution in [0.1, 0.15) is 17.0 Å². The molecule has 2 atom stereocenters. The Morgan fingerprint density at radius 3 is 2.24 bits per heavy atom.